The highest BCUT2D eigenvalue weighted by atomic mass is 16.1. The largest absolute Gasteiger partial charge is 0.385 e. The van der Waals surface area contributed by atoms with Gasteiger partial charge in [-0.15, -0.1) is 0 Å². The molecule has 0 aromatic heterocycles. The molecule has 0 radical (unpaired) electrons. The van der Waals surface area contributed by atoms with Gasteiger partial charge in [0.25, 0.3) is 0 Å². The Morgan fingerprint density at radius 2 is 1.95 bits per heavy atom. The summed E-state index contributed by atoms with van der Waals surface area (Å²) in [6.45, 7) is 9.34. The third-order valence-corrected chi connectivity index (χ3v) is 3.35. The molecular formula is C16H26N2O. The second-order valence-corrected chi connectivity index (χ2v) is 5.15. The summed E-state index contributed by atoms with van der Waals surface area (Å²) in [6, 6.07) is 5.99. The van der Waals surface area contributed by atoms with Gasteiger partial charge in [-0.2, -0.15) is 0 Å². The topological polar surface area (TPSA) is 41.1 Å². The van der Waals surface area contributed by atoms with Crippen LogP contribution in [0.3, 0.4) is 0 Å². The molecule has 0 aliphatic carbocycles. The van der Waals surface area contributed by atoms with E-state index in [2.05, 4.69) is 30.5 Å². The van der Waals surface area contributed by atoms with E-state index in [1.165, 1.54) is 12.8 Å². The van der Waals surface area contributed by atoms with E-state index in [-0.39, 0.29) is 5.91 Å². The minimum absolute atomic E-state index is 0.0552. The standard InChI is InChI=1S/C16H26N2O/c1-5-8-12(3)11-17-14-9-7-10-15(13(14)4)18-16(19)6-2/h7,9-10,12,17H,5-6,8,11H2,1-4H3,(H,18,19). The predicted molar refractivity (Wildman–Crippen MR) is 82.7 cm³/mol. The van der Waals surface area contributed by atoms with Crippen molar-refractivity contribution in [3.63, 3.8) is 0 Å². The number of anilines is 2. The van der Waals surface area contributed by atoms with Crippen molar-refractivity contribution >= 4 is 17.3 Å². The first-order valence-electron chi connectivity index (χ1n) is 7.21. The molecule has 0 bridgehead atoms. The molecular weight excluding hydrogens is 236 g/mol. The van der Waals surface area contributed by atoms with Crippen LogP contribution in [0.5, 0.6) is 0 Å². The van der Waals surface area contributed by atoms with Crippen LogP contribution in [-0.4, -0.2) is 12.5 Å². The Morgan fingerprint density at radius 3 is 2.58 bits per heavy atom. The Labute approximate surface area is 116 Å². The van der Waals surface area contributed by atoms with Gasteiger partial charge in [0, 0.05) is 24.3 Å². The van der Waals surface area contributed by atoms with Crippen LogP contribution < -0.4 is 10.6 Å². The molecule has 0 fully saturated rings. The van der Waals surface area contributed by atoms with Crippen LogP contribution in [0.1, 0.15) is 45.6 Å². The van der Waals surface area contributed by atoms with Crippen LogP contribution in [0.25, 0.3) is 0 Å². The minimum atomic E-state index is 0.0552. The fourth-order valence-electron chi connectivity index (χ4n) is 2.08. The van der Waals surface area contributed by atoms with Gasteiger partial charge < -0.3 is 10.6 Å². The molecule has 106 valence electrons. The van der Waals surface area contributed by atoms with E-state index in [0.717, 1.165) is 23.5 Å². The zero-order valence-corrected chi connectivity index (χ0v) is 12.5. The van der Waals surface area contributed by atoms with E-state index in [4.69, 9.17) is 0 Å². The first-order valence-corrected chi connectivity index (χ1v) is 7.21. The van der Waals surface area contributed by atoms with Crippen LogP contribution >= 0.6 is 0 Å². The number of carbonyl (C=O) groups excluding carboxylic acids is 1. The Hall–Kier alpha value is -1.51. The molecule has 1 atom stereocenters. The smallest absolute Gasteiger partial charge is 0.224 e. The van der Waals surface area contributed by atoms with Gasteiger partial charge in [-0.05, 0) is 37.0 Å². The van der Waals surface area contributed by atoms with Gasteiger partial charge in [0.2, 0.25) is 5.91 Å². The fraction of sp³-hybridized carbons (Fsp3) is 0.562. The molecule has 1 amide bonds. The lowest BCUT2D eigenvalue weighted by Gasteiger charge is -2.16. The zero-order chi connectivity index (χ0) is 14.3. The lowest BCUT2D eigenvalue weighted by molar-refractivity contribution is -0.115. The van der Waals surface area contributed by atoms with Gasteiger partial charge in [-0.1, -0.05) is 33.3 Å². The van der Waals surface area contributed by atoms with Gasteiger partial charge in [0.05, 0.1) is 0 Å². The molecule has 2 N–H and O–H groups in total. The molecule has 0 heterocycles. The monoisotopic (exact) mass is 262 g/mol. The summed E-state index contributed by atoms with van der Waals surface area (Å²) in [5.74, 6) is 0.720. The van der Waals surface area contributed by atoms with Crippen LogP contribution in [0.4, 0.5) is 11.4 Å². The zero-order valence-electron chi connectivity index (χ0n) is 12.5. The molecule has 3 heteroatoms. The number of hydrogen-bond donors (Lipinski definition) is 2. The maximum absolute atomic E-state index is 11.5. The Kier molecular flexibility index (Phi) is 6.40. The summed E-state index contributed by atoms with van der Waals surface area (Å²) in [7, 11) is 0. The fourth-order valence-corrected chi connectivity index (χ4v) is 2.08. The molecule has 0 aliphatic rings. The number of carbonyl (C=O) groups is 1. The van der Waals surface area contributed by atoms with Crippen LogP contribution in [0.15, 0.2) is 18.2 Å². The van der Waals surface area contributed by atoms with Crippen molar-refractivity contribution < 1.29 is 4.79 Å². The number of benzene rings is 1. The van der Waals surface area contributed by atoms with E-state index < -0.39 is 0 Å². The van der Waals surface area contributed by atoms with Crippen molar-refractivity contribution in [2.75, 3.05) is 17.2 Å². The number of nitrogens with one attached hydrogen (secondary N) is 2. The average molecular weight is 262 g/mol. The first kappa shape index (κ1) is 15.5. The van der Waals surface area contributed by atoms with Crippen molar-refractivity contribution in [3.05, 3.63) is 23.8 Å². The molecule has 1 aromatic carbocycles. The van der Waals surface area contributed by atoms with E-state index in [0.29, 0.717) is 12.3 Å². The summed E-state index contributed by atoms with van der Waals surface area (Å²) in [5, 5.41) is 6.41. The van der Waals surface area contributed by atoms with E-state index in [1.807, 2.05) is 26.0 Å². The Balaban J connectivity index is 2.69. The molecule has 0 saturated heterocycles. The van der Waals surface area contributed by atoms with E-state index in [1.54, 1.807) is 0 Å². The average Bonchev–Trinajstić information content (AvgIpc) is 2.40. The van der Waals surface area contributed by atoms with E-state index in [9.17, 15) is 4.79 Å². The third kappa shape index (κ3) is 4.93. The quantitative estimate of drug-likeness (QED) is 0.773. The first-order chi connectivity index (χ1) is 9.08. The Bertz CT molecular complexity index is 415. The highest BCUT2D eigenvalue weighted by Crippen LogP contribution is 2.24. The maximum atomic E-state index is 11.5. The number of hydrogen-bond acceptors (Lipinski definition) is 2. The predicted octanol–water partition coefficient (Wildman–Crippen LogP) is 4.19. The van der Waals surface area contributed by atoms with Gasteiger partial charge in [0.15, 0.2) is 0 Å². The normalized spacial score (nSPS) is 12.0. The van der Waals surface area contributed by atoms with Gasteiger partial charge in [0.1, 0.15) is 0 Å². The highest BCUT2D eigenvalue weighted by molar-refractivity contribution is 5.92. The molecule has 1 aromatic rings. The molecule has 0 spiro atoms. The third-order valence-electron chi connectivity index (χ3n) is 3.35. The summed E-state index contributed by atoms with van der Waals surface area (Å²) < 4.78 is 0. The minimum Gasteiger partial charge on any atom is -0.385 e. The second-order valence-electron chi connectivity index (χ2n) is 5.15. The molecule has 19 heavy (non-hydrogen) atoms. The van der Waals surface area contributed by atoms with Crippen LogP contribution in [0, 0.1) is 12.8 Å². The van der Waals surface area contributed by atoms with Crippen molar-refractivity contribution in [3.8, 4) is 0 Å². The number of amides is 1. The lowest BCUT2D eigenvalue weighted by Crippen LogP contribution is -2.14. The Morgan fingerprint density at radius 1 is 1.26 bits per heavy atom. The summed E-state index contributed by atoms with van der Waals surface area (Å²) in [5.41, 5.74) is 3.12. The summed E-state index contributed by atoms with van der Waals surface area (Å²) in [6.07, 6.45) is 2.96. The van der Waals surface area contributed by atoms with Crippen molar-refractivity contribution in [1.29, 1.82) is 0 Å². The van der Waals surface area contributed by atoms with Crippen molar-refractivity contribution in [2.45, 2.75) is 47.0 Å². The second kappa shape index (κ2) is 7.82. The van der Waals surface area contributed by atoms with Gasteiger partial charge >= 0.3 is 0 Å². The molecule has 0 aliphatic heterocycles. The molecule has 0 saturated carbocycles. The van der Waals surface area contributed by atoms with Crippen molar-refractivity contribution in [1.82, 2.24) is 0 Å². The highest BCUT2D eigenvalue weighted by Gasteiger charge is 2.07. The van der Waals surface area contributed by atoms with Gasteiger partial charge in [-0.25, -0.2) is 0 Å². The maximum Gasteiger partial charge on any atom is 0.224 e. The van der Waals surface area contributed by atoms with Crippen LogP contribution in [0.2, 0.25) is 0 Å². The van der Waals surface area contributed by atoms with Crippen molar-refractivity contribution in [2.24, 2.45) is 5.92 Å². The summed E-state index contributed by atoms with van der Waals surface area (Å²) >= 11 is 0. The van der Waals surface area contributed by atoms with Crippen LogP contribution in [-0.2, 0) is 4.79 Å². The molecule has 1 unspecified atom stereocenters. The lowest BCUT2D eigenvalue weighted by atomic mass is 10.1. The van der Waals surface area contributed by atoms with E-state index >= 15 is 0 Å². The number of rotatable bonds is 7. The van der Waals surface area contributed by atoms with Gasteiger partial charge in [-0.3, -0.25) is 4.79 Å². The summed E-state index contributed by atoms with van der Waals surface area (Å²) in [4.78, 5) is 11.5. The molecule has 1 rings (SSSR count). The molecule has 3 nitrogen and oxygen atoms in total. The SMILES string of the molecule is CCCC(C)CNc1cccc(NC(=O)CC)c1C.